The highest BCUT2D eigenvalue weighted by Crippen LogP contribution is 2.73. The Morgan fingerprint density at radius 1 is 0.381 bits per heavy atom. The van der Waals surface area contributed by atoms with E-state index in [1.54, 1.807) is 5.57 Å². The molecule has 0 radical (unpaired) electrons. The van der Waals surface area contributed by atoms with Gasteiger partial charge in [0, 0.05) is 0 Å². The molecule has 15 saturated carbocycles. The topological polar surface area (TPSA) is 142 Å². The molecule has 16 rings (SSSR count). The maximum Gasteiger partial charge on any atom is 0.0804 e. The predicted molar refractivity (Wildman–Crippen MR) is 434 cm³/mol. The zero-order valence-corrected chi connectivity index (χ0v) is 70.9. The van der Waals surface area contributed by atoms with Gasteiger partial charge in [0.15, 0.2) is 0 Å². The van der Waals surface area contributed by atoms with Gasteiger partial charge in [-0.15, -0.1) is 0 Å². The lowest BCUT2D eigenvalue weighted by molar-refractivity contribution is -0.134. The van der Waals surface area contributed by atoms with Gasteiger partial charge in [0.25, 0.3) is 0 Å². The quantitative estimate of drug-likeness (QED) is 0.0965. The maximum absolute atomic E-state index is 10.3. The molecule has 36 atom stereocenters. The Bertz CT molecular complexity index is 3000. The fourth-order valence-corrected chi connectivity index (χ4v) is 33.0. The molecule has 0 saturated heterocycles. The average Bonchev–Trinajstić information content (AvgIpc) is 1.72. The van der Waals surface area contributed by atoms with Crippen LogP contribution >= 0.6 is 0 Å². The lowest BCUT2D eigenvalue weighted by Gasteiger charge is -2.61. The second kappa shape index (κ2) is 31.6. The van der Waals surface area contributed by atoms with Gasteiger partial charge in [0.1, 0.15) is 0 Å². The number of hydrogen-bond acceptors (Lipinski definition) is 7. The largest absolute Gasteiger partial charge is 0.394 e. The van der Waals surface area contributed by atoms with E-state index in [9.17, 15) is 35.7 Å². The molecule has 0 aromatic carbocycles. The van der Waals surface area contributed by atoms with Gasteiger partial charge in [-0.25, -0.2) is 0 Å². The summed E-state index contributed by atoms with van der Waals surface area (Å²) in [6.45, 7) is 41.7. The van der Waals surface area contributed by atoms with Crippen molar-refractivity contribution in [1.82, 2.24) is 0 Å². The monoisotopic (exact) mass is 1460 g/mol. The van der Waals surface area contributed by atoms with E-state index in [4.69, 9.17) is 0 Å². The highest BCUT2D eigenvalue weighted by atomic mass is 16.3. The van der Waals surface area contributed by atoms with Crippen molar-refractivity contribution >= 4 is 0 Å². The van der Waals surface area contributed by atoms with Crippen molar-refractivity contribution < 1.29 is 35.7 Å². The Kier molecular flexibility index (Phi) is 24.7. The van der Waals surface area contributed by atoms with Crippen LogP contribution in [0, 0.1) is 185 Å². The number of aliphatic hydroxyl groups excluding tert-OH is 7. The van der Waals surface area contributed by atoms with Crippen molar-refractivity contribution in [2.45, 2.75) is 385 Å². The van der Waals surface area contributed by atoms with Crippen LogP contribution in [0.2, 0.25) is 0 Å². The number of hydrogen-bond donors (Lipinski definition) is 7. The number of aliphatic hydroxyl groups is 7. The van der Waals surface area contributed by atoms with Gasteiger partial charge in [0.2, 0.25) is 0 Å². The molecule has 600 valence electrons. The smallest absolute Gasteiger partial charge is 0.0804 e. The van der Waals surface area contributed by atoms with Crippen LogP contribution < -0.4 is 0 Å². The van der Waals surface area contributed by atoms with E-state index in [2.05, 4.69) is 135 Å². The van der Waals surface area contributed by atoms with Crippen LogP contribution in [-0.2, 0) is 0 Å². The molecule has 16 aliphatic carbocycles. The van der Waals surface area contributed by atoms with Gasteiger partial charge in [-0.2, -0.15) is 0 Å². The molecule has 7 nitrogen and oxygen atoms in total. The standard InChI is InChI=1S/C28H50O.C28H44O.C21H36O3.C21H36O2/c2*1-18(2)19(3)7-8-20(4)24-11-12-25-23-10-9-21-17-22(29)13-15-27(21,5)26(23)14-16-28(24,25)6;1-20-9-7-14(23)11-13(20)3-4-15-16-5-6-18(19(24)12-22)21(16,2)10-8-17(15)20;1-13(22)17-6-7-18-16-5-4-14-12-15(23)8-10-20(14,2)19(16)9-11-21(17,18)3/h18-26,29H,7-17H2,1-6H3;7-10,18-20,22,24-26,29H,11-17H2,1-6H3;13-19,22-24H,3-12H2,1-2H3;13-19,22-23H,4-12H2,1-3H3/b;8-7+;;/t19-,20+,21-,22-,23?,24+,25?,26?,27-,28+;19-,20+,22-,24+,25?,26?,27-,28+;13-,14-,15?,16?,17?,18+,19+,20-,21-;13-,14+,15+,16?,17-,18?,19?,20+,21-/m0001/s1. The Morgan fingerprint density at radius 2 is 0.800 bits per heavy atom. The summed E-state index contributed by atoms with van der Waals surface area (Å²) in [5, 5.41) is 70.8. The average molecular weight is 1460 g/mol. The first kappa shape index (κ1) is 81.9. The van der Waals surface area contributed by atoms with Crippen LogP contribution in [0.4, 0.5) is 0 Å². The lowest BCUT2D eigenvalue weighted by atomic mass is 9.44. The van der Waals surface area contributed by atoms with Gasteiger partial charge in [-0.3, -0.25) is 0 Å². The Hall–Kier alpha value is -1.06. The predicted octanol–water partition coefficient (Wildman–Crippen LogP) is 22.8. The normalized spacial score (nSPS) is 51.0. The molecule has 0 heterocycles. The van der Waals surface area contributed by atoms with Crippen molar-refractivity contribution in [2.24, 2.45) is 185 Å². The van der Waals surface area contributed by atoms with Crippen LogP contribution in [-0.4, -0.2) is 79.0 Å². The summed E-state index contributed by atoms with van der Waals surface area (Å²) in [6, 6.07) is 0. The van der Waals surface area contributed by atoms with Crippen LogP contribution in [0.3, 0.4) is 0 Å². The van der Waals surface area contributed by atoms with Crippen LogP contribution in [0.15, 0.2) is 35.5 Å². The number of allylic oxidation sites excluding steroid dienone is 5. The van der Waals surface area contributed by atoms with Gasteiger partial charge >= 0.3 is 0 Å². The van der Waals surface area contributed by atoms with E-state index in [-0.39, 0.29) is 48.5 Å². The van der Waals surface area contributed by atoms with Crippen molar-refractivity contribution in [2.75, 3.05) is 6.61 Å². The van der Waals surface area contributed by atoms with Crippen LogP contribution in [0.5, 0.6) is 0 Å². The highest BCUT2D eigenvalue weighted by molar-refractivity contribution is 5.39. The molecular formula is C98H166O7. The summed E-state index contributed by atoms with van der Waals surface area (Å²) in [4.78, 5) is 0. The van der Waals surface area contributed by atoms with E-state index in [0.717, 1.165) is 170 Å². The molecule has 0 aromatic rings. The highest BCUT2D eigenvalue weighted by Gasteiger charge is 2.65. The van der Waals surface area contributed by atoms with E-state index in [1.807, 2.05) is 6.92 Å². The third-order valence-electron chi connectivity index (χ3n) is 40.3. The molecule has 16 aliphatic rings. The van der Waals surface area contributed by atoms with Gasteiger partial charge in [0.05, 0.1) is 43.2 Å². The first-order chi connectivity index (χ1) is 49.6. The fraction of sp³-hybridized carbons (Fsp3) is 0.939. The zero-order chi connectivity index (χ0) is 75.5. The first-order valence-electron chi connectivity index (χ1n) is 46.4. The third-order valence-corrected chi connectivity index (χ3v) is 40.3. The van der Waals surface area contributed by atoms with Crippen LogP contribution in [0.1, 0.15) is 349 Å². The summed E-state index contributed by atoms with van der Waals surface area (Å²) in [5.74, 6) is 18.9. The third kappa shape index (κ3) is 14.7. The van der Waals surface area contributed by atoms with Crippen molar-refractivity contribution in [3.05, 3.63) is 35.5 Å². The molecule has 7 heteroatoms. The molecule has 11 unspecified atom stereocenters. The van der Waals surface area contributed by atoms with E-state index in [1.165, 1.54) is 179 Å². The Labute approximate surface area is 645 Å². The fourth-order valence-electron chi connectivity index (χ4n) is 33.0. The van der Waals surface area contributed by atoms with E-state index < -0.39 is 6.10 Å². The minimum atomic E-state index is -0.534. The SMILES string of the molecule is CC(C)[C@@H](C)/C=C/[C@@H](C)[C@H]1CCC2C3=CC=C4C[C@@H](O)CC[C@]4(C)C3CC[C@@]21C.CC(C)[C@@H](C)CC[C@@H](C)[C@H]1CCC2C3CC[C@H]4C[C@@H](O)CC[C@]4(C)C3CC[C@@]21C.C[C@@H](O)[C@H]1CCC2C3CC[C@H]4C[C@@H](O)CC[C@]4(C)C3CC[C@@]21C.C[C@]12CCC3C(CC[C@H]4C[C@@H](O)CC[C@]34C)C1CC[C@@H]2[C@H](O)CO. The minimum Gasteiger partial charge on any atom is -0.394 e. The summed E-state index contributed by atoms with van der Waals surface area (Å²) >= 11 is 0. The molecule has 0 aromatic heterocycles. The summed E-state index contributed by atoms with van der Waals surface area (Å²) in [6.07, 6.45) is 54.7. The Morgan fingerprint density at radius 3 is 1.27 bits per heavy atom. The minimum absolute atomic E-state index is 0.0107. The zero-order valence-electron chi connectivity index (χ0n) is 70.9. The van der Waals surface area contributed by atoms with Crippen molar-refractivity contribution in [3.63, 3.8) is 0 Å². The van der Waals surface area contributed by atoms with Crippen molar-refractivity contribution in [3.8, 4) is 0 Å². The second-order valence-electron chi connectivity index (χ2n) is 45.1. The second-order valence-corrected chi connectivity index (χ2v) is 45.1. The first-order valence-corrected chi connectivity index (χ1v) is 46.4. The lowest BCUT2D eigenvalue weighted by Crippen LogP contribution is -2.54. The molecule has 0 aliphatic heterocycles. The molecule has 15 fully saturated rings. The summed E-state index contributed by atoms with van der Waals surface area (Å²) < 4.78 is 0. The molecule has 0 spiro atoms. The van der Waals surface area contributed by atoms with Gasteiger partial charge < -0.3 is 35.7 Å². The number of fused-ring (bicyclic) bond motifs is 20. The van der Waals surface area contributed by atoms with Gasteiger partial charge in [-0.1, -0.05) is 159 Å². The van der Waals surface area contributed by atoms with Gasteiger partial charge in [-0.05, 0) is 411 Å². The van der Waals surface area contributed by atoms with Crippen LogP contribution in [0.25, 0.3) is 0 Å². The van der Waals surface area contributed by atoms with Crippen molar-refractivity contribution in [1.29, 1.82) is 0 Å². The van der Waals surface area contributed by atoms with E-state index in [0.29, 0.717) is 61.6 Å². The number of rotatable bonds is 12. The maximum atomic E-state index is 10.3. The van der Waals surface area contributed by atoms with E-state index >= 15 is 0 Å². The molecule has 0 amide bonds. The summed E-state index contributed by atoms with van der Waals surface area (Å²) in [5.41, 5.74) is 6.72. The molecular weight excluding hydrogens is 1290 g/mol. The molecule has 7 N–H and O–H groups in total. The summed E-state index contributed by atoms with van der Waals surface area (Å²) in [7, 11) is 0. The molecule has 105 heavy (non-hydrogen) atoms. The Balaban J connectivity index is 0.000000125. The molecule has 0 bridgehead atoms.